The fourth-order valence-electron chi connectivity index (χ4n) is 4.29. The molecule has 3 aromatic carbocycles. The van der Waals surface area contributed by atoms with Crippen molar-refractivity contribution < 1.29 is 13.6 Å². The first-order valence-corrected chi connectivity index (χ1v) is 11.5. The molecule has 4 rings (SSSR count). The van der Waals surface area contributed by atoms with Crippen molar-refractivity contribution in [1.29, 1.82) is 0 Å². The van der Waals surface area contributed by atoms with Crippen LogP contribution in [0.15, 0.2) is 72.8 Å². The van der Waals surface area contributed by atoms with Crippen LogP contribution >= 0.6 is 0 Å². The Bertz CT molecular complexity index is 1080. The van der Waals surface area contributed by atoms with Gasteiger partial charge in [0.05, 0.1) is 6.04 Å². The van der Waals surface area contributed by atoms with Gasteiger partial charge in [-0.2, -0.15) is 0 Å². The molecule has 5 nitrogen and oxygen atoms in total. The van der Waals surface area contributed by atoms with E-state index in [-0.39, 0.29) is 23.6 Å². The van der Waals surface area contributed by atoms with Gasteiger partial charge in [-0.25, -0.2) is 8.78 Å². The molecule has 0 spiro atoms. The molecule has 1 saturated heterocycles. The second-order valence-corrected chi connectivity index (χ2v) is 8.72. The van der Waals surface area contributed by atoms with Gasteiger partial charge in [0.1, 0.15) is 11.6 Å². The lowest BCUT2D eigenvalue weighted by Crippen LogP contribution is -2.50. The van der Waals surface area contributed by atoms with Crippen LogP contribution in [-0.4, -0.2) is 57.6 Å². The summed E-state index contributed by atoms with van der Waals surface area (Å²) in [5.41, 5.74) is 3.68. The Kier molecular flexibility index (Phi) is 7.43. The SMILES string of the molecule is CN(C)c1ccc([C@@H](CNC(=O)c2ccc(F)cc2)N2CCN(c3ccc(F)cc3)CC2)cc1. The summed E-state index contributed by atoms with van der Waals surface area (Å²) in [6, 6.07) is 20.5. The van der Waals surface area contributed by atoms with Gasteiger partial charge in [0, 0.05) is 63.8 Å². The molecule has 1 N–H and O–H groups in total. The van der Waals surface area contributed by atoms with E-state index >= 15 is 0 Å². The molecule has 34 heavy (non-hydrogen) atoms. The number of piperazine rings is 1. The Hall–Kier alpha value is -3.45. The summed E-state index contributed by atoms with van der Waals surface area (Å²) in [5, 5.41) is 3.03. The van der Waals surface area contributed by atoms with Crippen molar-refractivity contribution >= 4 is 17.3 Å². The minimum absolute atomic E-state index is 0.00372. The number of carbonyl (C=O) groups excluding carboxylic acids is 1. The molecule has 1 heterocycles. The highest BCUT2D eigenvalue weighted by Crippen LogP contribution is 2.26. The molecule has 0 bridgehead atoms. The number of rotatable bonds is 7. The molecular weight excluding hydrogens is 434 g/mol. The fourth-order valence-corrected chi connectivity index (χ4v) is 4.29. The van der Waals surface area contributed by atoms with Crippen LogP contribution in [-0.2, 0) is 0 Å². The molecule has 178 valence electrons. The summed E-state index contributed by atoms with van der Waals surface area (Å²) in [6.45, 7) is 3.68. The number of hydrogen-bond acceptors (Lipinski definition) is 4. The van der Waals surface area contributed by atoms with Gasteiger partial charge < -0.3 is 15.1 Å². The van der Waals surface area contributed by atoms with Crippen molar-refractivity contribution in [3.63, 3.8) is 0 Å². The Balaban J connectivity index is 1.47. The first-order valence-electron chi connectivity index (χ1n) is 11.5. The third kappa shape index (κ3) is 5.72. The summed E-state index contributed by atoms with van der Waals surface area (Å²) in [6.07, 6.45) is 0. The lowest BCUT2D eigenvalue weighted by atomic mass is 10.0. The average molecular weight is 465 g/mol. The maximum absolute atomic E-state index is 13.3. The largest absolute Gasteiger partial charge is 0.378 e. The standard InChI is InChI=1S/C27H30F2N4O/c1-31(2)24-11-5-20(6-12-24)26(19-30-27(34)21-3-7-22(28)8-4-21)33-17-15-32(16-18-33)25-13-9-23(29)10-14-25/h3-14,26H,15-19H2,1-2H3,(H,30,34)/t26-/m1/s1. The van der Waals surface area contributed by atoms with Gasteiger partial charge >= 0.3 is 0 Å². The summed E-state index contributed by atoms with van der Waals surface area (Å²) in [7, 11) is 4.01. The second kappa shape index (κ2) is 10.7. The molecule has 1 fully saturated rings. The summed E-state index contributed by atoms with van der Waals surface area (Å²) in [4.78, 5) is 19.4. The van der Waals surface area contributed by atoms with E-state index < -0.39 is 0 Å². The quantitative estimate of drug-likeness (QED) is 0.565. The zero-order valence-electron chi connectivity index (χ0n) is 19.5. The zero-order valence-corrected chi connectivity index (χ0v) is 19.5. The van der Waals surface area contributed by atoms with Crippen LogP contribution in [0.25, 0.3) is 0 Å². The van der Waals surface area contributed by atoms with Gasteiger partial charge in [-0.3, -0.25) is 9.69 Å². The van der Waals surface area contributed by atoms with Crippen LogP contribution < -0.4 is 15.1 Å². The molecule has 1 atom stereocenters. The van der Waals surface area contributed by atoms with Crippen molar-refractivity contribution in [2.75, 3.05) is 56.6 Å². The van der Waals surface area contributed by atoms with Gasteiger partial charge in [-0.1, -0.05) is 12.1 Å². The molecule has 0 aromatic heterocycles. The van der Waals surface area contributed by atoms with Crippen molar-refractivity contribution in [3.8, 4) is 0 Å². The van der Waals surface area contributed by atoms with E-state index in [0.29, 0.717) is 12.1 Å². The number of anilines is 2. The van der Waals surface area contributed by atoms with Crippen LogP contribution in [0.3, 0.4) is 0 Å². The van der Waals surface area contributed by atoms with Crippen LogP contribution in [0.1, 0.15) is 22.0 Å². The zero-order chi connectivity index (χ0) is 24.1. The van der Waals surface area contributed by atoms with Crippen LogP contribution in [0.4, 0.5) is 20.2 Å². The first kappa shape index (κ1) is 23.7. The first-order chi connectivity index (χ1) is 16.4. The van der Waals surface area contributed by atoms with Gasteiger partial charge in [-0.15, -0.1) is 0 Å². The molecule has 1 aliphatic rings. The van der Waals surface area contributed by atoms with Crippen molar-refractivity contribution in [2.24, 2.45) is 0 Å². The van der Waals surface area contributed by atoms with Gasteiger partial charge in [0.15, 0.2) is 0 Å². The third-order valence-corrected chi connectivity index (χ3v) is 6.30. The van der Waals surface area contributed by atoms with Gasteiger partial charge in [0.2, 0.25) is 0 Å². The number of hydrogen-bond donors (Lipinski definition) is 1. The maximum Gasteiger partial charge on any atom is 0.251 e. The van der Waals surface area contributed by atoms with E-state index in [1.165, 1.54) is 36.4 Å². The maximum atomic E-state index is 13.3. The normalized spacial score (nSPS) is 15.1. The van der Waals surface area contributed by atoms with E-state index in [9.17, 15) is 13.6 Å². The van der Waals surface area contributed by atoms with E-state index in [0.717, 1.165) is 43.1 Å². The number of benzene rings is 3. The van der Waals surface area contributed by atoms with Crippen molar-refractivity contribution in [3.05, 3.63) is 95.6 Å². The van der Waals surface area contributed by atoms with E-state index in [1.54, 1.807) is 0 Å². The molecule has 3 aromatic rings. The Labute approximate surface area is 199 Å². The molecule has 0 aliphatic carbocycles. The predicted molar refractivity (Wildman–Crippen MR) is 132 cm³/mol. The molecule has 0 saturated carbocycles. The monoisotopic (exact) mass is 464 g/mol. The lowest BCUT2D eigenvalue weighted by Gasteiger charge is -2.40. The molecule has 7 heteroatoms. The van der Waals surface area contributed by atoms with Crippen LogP contribution in [0.2, 0.25) is 0 Å². The number of amides is 1. The van der Waals surface area contributed by atoms with Gasteiger partial charge in [0.25, 0.3) is 5.91 Å². The Morgan fingerprint density at radius 3 is 1.97 bits per heavy atom. The highest BCUT2D eigenvalue weighted by Gasteiger charge is 2.26. The molecule has 1 amide bonds. The van der Waals surface area contributed by atoms with E-state index in [4.69, 9.17) is 0 Å². The Morgan fingerprint density at radius 2 is 1.41 bits per heavy atom. The average Bonchev–Trinajstić information content (AvgIpc) is 2.85. The minimum atomic E-state index is -0.366. The number of nitrogens with one attached hydrogen (secondary N) is 1. The highest BCUT2D eigenvalue weighted by molar-refractivity contribution is 5.94. The summed E-state index contributed by atoms with van der Waals surface area (Å²) < 4.78 is 26.5. The number of carbonyl (C=O) groups is 1. The summed E-state index contributed by atoms with van der Waals surface area (Å²) >= 11 is 0. The van der Waals surface area contributed by atoms with Crippen molar-refractivity contribution in [2.45, 2.75) is 6.04 Å². The predicted octanol–water partition coefficient (Wildman–Crippen LogP) is 4.32. The molecule has 0 radical (unpaired) electrons. The smallest absolute Gasteiger partial charge is 0.251 e. The number of halogens is 2. The van der Waals surface area contributed by atoms with Crippen molar-refractivity contribution in [1.82, 2.24) is 10.2 Å². The van der Waals surface area contributed by atoms with Crippen LogP contribution in [0, 0.1) is 11.6 Å². The fraction of sp³-hybridized carbons (Fsp3) is 0.296. The van der Waals surface area contributed by atoms with E-state index in [2.05, 4.69) is 44.3 Å². The Morgan fingerprint density at radius 1 is 0.853 bits per heavy atom. The molecule has 0 unspecified atom stereocenters. The molecule has 1 aliphatic heterocycles. The van der Waals surface area contributed by atoms with E-state index in [1.807, 2.05) is 26.2 Å². The minimum Gasteiger partial charge on any atom is -0.378 e. The lowest BCUT2D eigenvalue weighted by molar-refractivity contribution is 0.0930. The highest BCUT2D eigenvalue weighted by atomic mass is 19.1. The topological polar surface area (TPSA) is 38.8 Å². The third-order valence-electron chi connectivity index (χ3n) is 6.30. The molecular formula is C27H30F2N4O. The number of nitrogens with zero attached hydrogens (tertiary/aromatic N) is 3. The second-order valence-electron chi connectivity index (χ2n) is 8.72. The van der Waals surface area contributed by atoms with Crippen LogP contribution in [0.5, 0.6) is 0 Å². The van der Waals surface area contributed by atoms with Gasteiger partial charge in [-0.05, 0) is 66.2 Å². The summed E-state index contributed by atoms with van der Waals surface area (Å²) in [5.74, 6) is -0.824.